The van der Waals surface area contributed by atoms with Gasteiger partial charge in [0.05, 0.1) is 14.2 Å². The van der Waals surface area contributed by atoms with E-state index in [1.54, 1.807) is 14.2 Å². The summed E-state index contributed by atoms with van der Waals surface area (Å²) in [6.45, 7) is 2.05. The molecule has 1 aromatic rings. The number of aryl methyl sites for hydroxylation is 1. The third kappa shape index (κ3) is 1.76. The van der Waals surface area contributed by atoms with E-state index < -0.39 is 0 Å². The van der Waals surface area contributed by atoms with Gasteiger partial charge in [0.15, 0.2) is 0 Å². The van der Waals surface area contributed by atoms with Gasteiger partial charge in [0.2, 0.25) is 0 Å². The third-order valence-corrected chi connectivity index (χ3v) is 3.30. The van der Waals surface area contributed by atoms with Gasteiger partial charge in [0.25, 0.3) is 0 Å². The zero-order chi connectivity index (χ0) is 11.7. The number of ether oxygens (including phenoxy) is 2. The van der Waals surface area contributed by atoms with Crippen LogP contribution in [0.1, 0.15) is 23.1 Å². The monoisotopic (exact) mass is 221 g/mol. The summed E-state index contributed by atoms with van der Waals surface area (Å²) < 4.78 is 10.9. The fraction of sp³-hybridized carbons (Fsp3) is 0.538. The average Bonchev–Trinajstić information content (AvgIpc) is 2.28. The first-order valence-corrected chi connectivity index (χ1v) is 5.66. The van der Waals surface area contributed by atoms with Gasteiger partial charge in [-0.2, -0.15) is 0 Å². The van der Waals surface area contributed by atoms with Gasteiger partial charge in [-0.15, -0.1) is 0 Å². The van der Waals surface area contributed by atoms with E-state index in [0.29, 0.717) is 0 Å². The van der Waals surface area contributed by atoms with Crippen LogP contribution in [0.2, 0.25) is 0 Å². The van der Waals surface area contributed by atoms with Crippen molar-refractivity contribution < 1.29 is 9.47 Å². The molecule has 0 radical (unpaired) electrons. The maximum Gasteiger partial charge on any atom is 0.125 e. The van der Waals surface area contributed by atoms with Crippen molar-refractivity contribution in [2.75, 3.05) is 14.2 Å². The SMILES string of the molecule is COc1cc(C)c(OC)c2c1CC(N)CC2. The van der Waals surface area contributed by atoms with Crippen molar-refractivity contribution in [3.05, 3.63) is 22.8 Å². The number of rotatable bonds is 2. The Hall–Kier alpha value is -1.22. The minimum atomic E-state index is 0.244. The predicted molar refractivity (Wildman–Crippen MR) is 64.3 cm³/mol. The van der Waals surface area contributed by atoms with Crippen LogP contribution in [0.15, 0.2) is 6.07 Å². The summed E-state index contributed by atoms with van der Waals surface area (Å²) in [4.78, 5) is 0. The lowest BCUT2D eigenvalue weighted by atomic mass is 9.86. The fourth-order valence-corrected chi connectivity index (χ4v) is 2.52. The number of methoxy groups -OCH3 is 2. The van der Waals surface area contributed by atoms with E-state index in [0.717, 1.165) is 36.3 Å². The van der Waals surface area contributed by atoms with Crippen molar-refractivity contribution in [1.82, 2.24) is 0 Å². The van der Waals surface area contributed by atoms with Gasteiger partial charge in [0.1, 0.15) is 11.5 Å². The van der Waals surface area contributed by atoms with Gasteiger partial charge in [-0.05, 0) is 37.8 Å². The second-order valence-electron chi connectivity index (χ2n) is 4.39. The normalized spacial score (nSPS) is 19.1. The largest absolute Gasteiger partial charge is 0.496 e. The predicted octanol–water partition coefficient (Wildman–Crippen LogP) is 1.83. The van der Waals surface area contributed by atoms with Crippen LogP contribution in [-0.4, -0.2) is 20.3 Å². The van der Waals surface area contributed by atoms with E-state index >= 15 is 0 Å². The van der Waals surface area contributed by atoms with Crippen molar-refractivity contribution >= 4 is 0 Å². The maximum atomic E-state index is 6.01. The summed E-state index contributed by atoms with van der Waals surface area (Å²) in [5, 5.41) is 0. The Bertz CT molecular complexity index is 401. The Labute approximate surface area is 96.5 Å². The summed E-state index contributed by atoms with van der Waals surface area (Å²) in [7, 11) is 3.44. The molecule has 0 saturated carbocycles. The molecule has 1 aromatic carbocycles. The van der Waals surface area contributed by atoms with Crippen molar-refractivity contribution in [3.63, 3.8) is 0 Å². The van der Waals surface area contributed by atoms with Crippen molar-refractivity contribution in [2.45, 2.75) is 32.2 Å². The summed E-state index contributed by atoms with van der Waals surface area (Å²) in [5.41, 5.74) is 9.64. The van der Waals surface area contributed by atoms with Crippen LogP contribution in [0.25, 0.3) is 0 Å². The molecule has 1 unspecified atom stereocenters. The van der Waals surface area contributed by atoms with Crippen LogP contribution in [-0.2, 0) is 12.8 Å². The Morgan fingerprint density at radius 3 is 2.62 bits per heavy atom. The quantitative estimate of drug-likeness (QED) is 0.828. The first-order chi connectivity index (χ1) is 7.67. The lowest BCUT2D eigenvalue weighted by molar-refractivity contribution is 0.383. The Morgan fingerprint density at radius 1 is 1.25 bits per heavy atom. The number of fused-ring (bicyclic) bond motifs is 1. The standard InChI is InChI=1S/C13H19NO2/c1-8-6-12(15-2)11-7-9(14)4-5-10(11)13(8)16-3/h6,9H,4-5,7,14H2,1-3H3. The third-order valence-electron chi connectivity index (χ3n) is 3.30. The van der Waals surface area contributed by atoms with E-state index in [9.17, 15) is 0 Å². The van der Waals surface area contributed by atoms with Crippen molar-refractivity contribution in [1.29, 1.82) is 0 Å². The maximum absolute atomic E-state index is 6.01. The minimum Gasteiger partial charge on any atom is -0.496 e. The Balaban J connectivity index is 2.57. The van der Waals surface area contributed by atoms with Crippen LogP contribution in [0, 0.1) is 6.92 Å². The molecule has 0 saturated heterocycles. The molecule has 0 amide bonds. The molecule has 2 rings (SSSR count). The molecular weight excluding hydrogens is 202 g/mol. The number of hydrogen-bond acceptors (Lipinski definition) is 3. The van der Waals surface area contributed by atoms with Crippen LogP contribution in [0.4, 0.5) is 0 Å². The van der Waals surface area contributed by atoms with Crippen LogP contribution in [0.3, 0.4) is 0 Å². The lowest BCUT2D eigenvalue weighted by Gasteiger charge is -2.26. The molecule has 2 N–H and O–H groups in total. The van der Waals surface area contributed by atoms with Crippen molar-refractivity contribution in [2.24, 2.45) is 5.73 Å². The van der Waals surface area contributed by atoms with Gasteiger partial charge < -0.3 is 15.2 Å². The van der Waals surface area contributed by atoms with Gasteiger partial charge in [-0.1, -0.05) is 0 Å². The highest BCUT2D eigenvalue weighted by Crippen LogP contribution is 2.38. The van der Waals surface area contributed by atoms with E-state index in [1.807, 2.05) is 6.07 Å². The van der Waals surface area contributed by atoms with Gasteiger partial charge in [-0.3, -0.25) is 0 Å². The number of hydrogen-bond donors (Lipinski definition) is 1. The molecule has 1 aliphatic carbocycles. The van der Waals surface area contributed by atoms with E-state index in [1.165, 1.54) is 11.1 Å². The summed E-state index contributed by atoms with van der Waals surface area (Å²) in [5.74, 6) is 1.95. The lowest BCUT2D eigenvalue weighted by Crippen LogP contribution is -2.28. The van der Waals surface area contributed by atoms with E-state index in [4.69, 9.17) is 15.2 Å². The van der Waals surface area contributed by atoms with Crippen LogP contribution >= 0.6 is 0 Å². The average molecular weight is 221 g/mol. The fourth-order valence-electron chi connectivity index (χ4n) is 2.52. The minimum absolute atomic E-state index is 0.244. The molecule has 0 aliphatic heterocycles. The highest BCUT2D eigenvalue weighted by atomic mass is 16.5. The number of benzene rings is 1. The van der Waals surface area contributed by atoms with Gasteiger partial charge in [0, 0.05) is 17.2 Å². The molecule has 3 nitrogen and oxygen atoms in total. The summed E-state index contributed by atoms with van der Waals surface area (Å²) in [6, 6.07) is 2.28. The zero-order valence-electron chi connectivity index (χ0n) is 10.2. The second kappa shape index (κ2) is 4.34. The summed E-state index contributed by atoms with van der Waals surface area (Å²) >= 11 is 0. The second-order valence-corrected chi connectivity index (χ2v) is 4.39. The molecular formula is C13H19NO2. The Kier molecular flexibility index (Phi) is 3.06. The molecule has 88 valence electrons. The molecule has 16 heavy (non-hydrogen) atoms. The zero-order valence-corrected chi connectivity index (χ0v) is 10.2. The highest BCUT2D eigenvalue weighted by Gasteiger charge is 2.23. The molecule has 0 bridgehead atoms. The molecule has 0 aromatic heterocycles. The van der Waals surface area contributed by atoms with Crippen molar-refractivity contribution in [3.8, 4) is 11.5 Å². The molecule has 1 atom stereocenters. The smallest absolute Gasteiger partial charge is 0.125 e. The molecule has 0 fully saturated rings. The number of nitrogens with two attached hydrogens (primary N) is 1. The Morgan fingerprint density at radius 2 is 2.00 bits per heavy atom. The molecule has 1 aliphatic rings. The first-order valence-electron chi connectivity index (χ1n) is 5.66. The topological polar surface area (TPSA) is 44.5 Å². The highest BCUT2D eigenvalue weighted by molar-refractivity contribution is 5.54. The van der Waals surface area contributed by atoms with Crippen LogP contribution < -0.4 is 15.2 Å². The van der Waals surface area contributed by atoms with E-state index in [-0.39, 0.29) is 6.04 Å². The summed E-state index contributed by atoms with van der Waals surface area (Å²) in [6.07, 6.45) is 2.89. The van der Waals surface area contributed by atoms with E-state index in [2.05, 4.69) is 6.92 Å². The molecule has 0 heterocycles. The van der Waals surface area contributed by atoms with Gasteiger partial charge >= 0.3 is 0 Å². The van der Waals surface area contributed by atoms with Crippen LogP contribution in [0.5, 0.6) is 11.5 Å². The molecule has 0 spiro atoms. The first kappa shape index (κ1) is 11.3. The molecule has 3 heteroatoms. The van der Waals surface area contributed by atoms with Gasteiger partial charge in [-0.25, -0.2) is 0 Å².